The molecular weight excluding hydrogens is 296 g/mol. The Kier molecular flexibility index (Phi) is 6.40. The molecule has 0 spiro atoms. The van der Waals surface area contributed by atoms with E-state index in [1.165, 1.54) is 0 Å². The molecule has 1 aromatic rings. The lowest BCUT2D eigenvalue weighted by Gasteiger charge is -2.32. The number of benzene rings is 1. The minimum Gasteiger partial charge on any atom is -0.493 e. The van der Waals surface area contributed by atoms with E-state index in [4.69, 9.17) is 9.47 Å². The zero-order valence-corrected chi connectivity index (χ0v) is 13.7. The summed E-state index contributed by atoms with van der Waals surface area (Å²) in [6.45, 7) is 6.06. The minimum atomic E-state index is -0.303. The van der Waals surface area contributed by atoms with Gasteiger partial charge in [-0.3, -0.25) is 9.59 Å². The Labute approximate surface area is 136 Å². The summed E-state index contributed by atoms with van der Waals surface area (Å²) in [5.74, 6) is 0.133. The highest BCUT2D eigenvalue weighted by Gasteiger charge is 2.23. The van der Waals surface area contributed by atoms with Gasteiger partial charge < -0.3 is 19.7 Å². The Bertz CT molecular complexity index is 547. The monoisotopic (exact) mass is 320 g/mol. The van der Waals surface area contributed by atoms with Gasteiger partial charge in [0.2, 0.25) is 5.91 Å². The van der Waals surface area contributed by atoms with Gasteiger partial charge in [0.05, 0.1) is 31.4 Å². The number of hydrogen-bond donors (Lipinski definition) is 1. The fourth-order valence-electron chi connectivity index (χ4n) is 2.49. The van der Waals surface area contributed by atoms with E-state index in [9.17, 15) is 9.59 Å². The van der Waals surface area contributed by atoms with Crippen LogP contribution in [0.25, 0.3) is 0 Å². The number of nitrogens with zero attached hydrogens (tertiary/aromatic N) is 1. The van der Waals surface area contributed by atoms with E-state index >= 15 is 0 Å². The molecule has 0 bridgehead atoms. The first-order valence-corrected chi connectivity index (χ1v) is 8.05. The van der Waals surface area contributed by atoms with Crippen molar-refractivity contribution in [1.82, 2.24) is 10.2 Å². The zero-order valence-electron chi connectivity index (χ0n) is 13.7. The average Bonchev–Trinajstić information content (AvgIpc) is 2.60. The molecule has 1 heterocycles. The summed E-state index contributed by atoms with van der Waals surface area (Å²) in [7, 11) is 0. The van der Waals surface area contributed by atoms with Crippen LogP contribution in [0.3, 0.4) is 0 Å². The fourth-order valence-corrected chi connectivity index (χ4v) is 2.49. The van der Waals surface area contributed by atoms with Crippen LogP contribution in [0.2, 0.25) is 0 Å². The van der Waals surface area contributed by atoms with Crippen molar-refractivity contribution >= 4 is 11.8 Å². The Hall–Kier alpha value is -2.08. The van der Waals surface area contributed by atoms with Gasteiger partial charge in [-0.1, -0.05) is 19.1 Å². The predicted molar refractivity (Wildman–Crippen MR) is 86.6 cm³/mol. The number of ether oxygens (including phenoxy) is 2. The van der Waals surface area contributed by atoms with Gasteiger partial charge >= 0.3 is 0 Å². The fraction of sp³-hybridized carbons (Fsp3) is 0.529. The largest absolute Gasteiger partial charge is 0.493 e. The van der Waals surface area contributed by atoms with Crippen molar-refractivity contribution in [3.63, 3.8) is 0 Å². The zero-order chi connectivity index (χ0) is 16.7. The molecule has 1 fully saturated rings. The molecule has 126 valence electrons. The lowest BCUT2D eigenvalue weighted by atomic mass is 10.2. The Morgan fingerprint density at radius 1 is 1.35 bits per heavy atom. The van der Waals surface area contributed by atoms with Gasteiger partial charge in [-0.25, -0.2) is 0 Å². The summed E-state index contributed by atoms with van der Waals surface area (Å²) in [6, 6.07) is 7.01. The van der Waals surface area contributed by atoms with E-state index < -0.39 is 0 Å². The van der Waals surface area contributed by atoms with Gasteiger partial charge in [-0.05, 0) is 25.5 Å². The van der Waals surface area contributed by atoms with Crippen LogP contribution in [0.1, 0.15) is 30.6 Å². The number of rotatable bonds is 6. The van der Waals surface area contributed by atoms with Crippen LogP contribution in [-0.2, 0) is 9.53 Å². The van der Waals surface area contributed by atoms with Gasteiger partial charge in [0.15, 0.2) is 0 Å². The predicted octanol–water partition coefficient (Wildman–Crippen LogP) is 1.45. The number of hydrogen-bond acceptors (Lipinski definition) is 4. The normalized spacial score (nSPS) is 17.7. The van der Waals surface area contributed by atoms with Crippen LogP contribution in [0.5, 0.6) is 5.75 Å². The summed E-state index contributed by atoms with van der Waals surface area (Å²) in [4.78, 5) is 26.2. The first-order chi connectivity index (χ1) is 11.2. The maximum Gasteiger partial charge on any atom is 0.255 e. The van der Waals surface area contributed by atoms with E-state index in [0.717, 1.165) is 6.42 Å². The van der Waals surface area contributed by atoms with E-state index in [0.29, 0.717) is 37.6 Å². The van der Waals surface area contributed by atoms with Crippen LogP contribution in [0.4, 0.5) is 0 Å². The molecule has 0 radical (unpaired) electrons. The van der Waals surface area contributed by atoms with Crippen molar-refractivity contribution in [2.24, 2.45) is 0 Å². The van der Waals surface area contributed by atoms with E-state index in [1.807, 2.05) is 19.9 Å². The van der Waals surface area contributed by atoms with E-state index in [2.05, 4.69) is 5.32 Å². The van der Waals surface area contributed by atoms with Gasteiger partial charge in [0.25, 0.3) is 5.91 Å². The van der Waals surface area contributed by atoms with Gasteiger partial charge in [0.1, 0.15) is 5.75 Å². The average molecular weight is 320 g/mol. The highest BCUT2D eigenvalue weighted by molar-refractivity contribution is 5.98. The standard InChI is InChI=1S/C17H24N2O4/c1-3-13-12-19(9-10-23-13)16(20)11-18-17(21)14-7-5-6-8-15(14)22-4-2/h5-8,13H,3-4,9-12H2,1-2H3,(H,18,21). The molecule has 0 aliphatic carbocycles. The summed E-state index contributed by atoms with van der Waals surface area (Å²) in [5, 5.41) is 2.68. The molecule has 6 nitrogen and oxygen atoms in total. The van der Waals surface area contributed by atoms with E-state index in [-0.39, 0.29) is 24.5 Å². The lowest BCUT2D eigenvalue weighted by Crippen LogP contribution is -2.48. The van der Waals surface area contributed by atoms with Crippen molar-refractivity contribution in [3.8, 4) is 5.75 Å². The lowest BCUT2D eigenvalue weighted by molar-refractivity contribution is -0.137. The topological polar surface area (TPSA) is 67.9 Å². The molecule has 0 saturated carbocycles. The SMILES string of the molecule is CCOc1ccccc1C(=O)NCC(=O)N1CCOC(CC)C1. The van der Waals surface area contributed by atoms with E-state index in [1.54, 1.807) is 23.1 Å². The van der Waals surface area contributed by atoms with Crippen molar-refractivity contribution in [3.05, 3.63) is 29.8 Å². The van der Waals surface area contributed by atoms with Crippen molar-refractivity contribution in [1.29, 1.82) is 0 Å². The molecule has 1 aromatic carbocycles. The number of nitrogens with one attached hydrogen (secondary N) is 1. The van der Waals surface area contributed by atoms with Crippen LogP contribution >= 0.6 is 0 Å². The summed E-state index contributed by atoms with van der Waals surface area (Å²) >= 11 is 0. The molecule has 2 rings (SSSR count). The minimum absolute atomic E-state index is 0.0181. The van der Waals surface area contributed by atoms with Crippen molar-refractivity contribution in [2.75, 3.05) is 32.8 Å². The molecule has 23 heavy (non-hydrogen) atoms. The Morgan fingerprint density at radius 2 is 2.13 bits per heavy atom. The third-order valence-corrected chi connectivity index (χ3v) is 3.78. The van der Waals surface area contributed by atoms with Crippen LogP contribution in [0, 0.1) is 0 Å². The Morgan fingerprint density at radius 3 is 2.87 bits per heavy atom. The summed E-state index contributed by atoms with van der Waals surface area (Å²) < 4.78 is 11.0. The number of para-hydroxylation sites is 1. The number of morpholine rings is 1. The van der Waals surface area contributed by atoms with Crippen LogP contribution < -0.4 is 10.1 Å². The summed E-state index contributed by atoms with van der Waals surface area (Å²) in [5.41, 5.74) is 0.440. The molecule has 1 N–H and O–H groups in total. The second-order valence-corrected chi connectivity index (χ2v) is 5.35. The number of carbonyl (C=O) groups excluding carboxylic acids is 2. The third-order valence-electron chi connectivity index (χ3n) is 3.78. The maximum atomic E-state index is 12.3. The van der Waals surface area contributed by atoms with Crippen LogP contribution in [-0.4, -0.2) is 55.7 Å². The molecule has 1 unspecified atom stereocenters. The quantitative estimate of drug-likeness (QED) is 0.861. The van der Waals surface area contributed by atoms with Gasteiger partial charge in [-0.2, -0.15) is 0 Å². The number of carbonyl (C=O) groups is 2. The first-order valence-electron chi connectivity index (χ1n) is 8.05. The van der Waals surface area contributed by atoms with Crippen LogP contribution in [0.15, 0.2) is 24.3 Å². The Balaban J connectivity index is 1.90. The molecule has 2 amide bonds. The second kappa shape index (κ2) is 8.53. The molecule has 1 aliphatic rings. The molecular formula is C17H24N2O4. The van der Waals surface area contributed by atoms with Gasteiger partial charge in [0, 0.05) is 13.1 Å². The van der Waals surface area contributed by atoms with Crippen molar-refractivity contribution in [2.45, 2.75) is 26.4 Å². The maximum absolute atomic E-state index is 12.3. The second-order valence-electron chi connectivity index (χ2n) is 5.35. The third kappa shape index (κ3) is 4.69. The first kappa shape index (κ1) is 17.3. The molecule has 1 aliphatic heterocycles. The smallest absolute Gasteiger partial charge is 0.255 e. The number of amides is 2. The highest BCUT2D eigenvalue weighted by Crippen LogP contribution is 2.17. The molecule has 0 aromatic heterocycles. The van der Waals surface area contributed by atoms with Gasteiger partial charge in [-0.15, -0.1) is 0 Å². The summed E-state index contributed by atoms with van der Waals surface area (Å²) in [6.07, 6.45) is 0.958. The molecule has 1 atom stereocenters. The van der Waals surface area contributed by atoms with Crippen molar-refractivity contribution < 1.29 is 19.1 Å². The molecule has 1 saturated heterocycles. The molecule has 6 heteroatoms. The highest BCUT2D eigenvalue weighted by atomic mass is 16.5.